The van der Waals surface area contributed by atoms with Gasteiger partial charge in [0.2, 0.25) is 6.41 Å². The van der Waals surface area contributed by atoms with Crippen molar-refractivity contribution in [1.82, 2.24) is 15.1 Å². The Morgan fingerprint density at radius 2 is 2.40 bits per heavy atom. The molecule has 78 valence electrons. The number of aromatic nitrogens is 2. The molecule has 2 aromatic rings. The standard InChI is InChI=1S/C10H10ClN3O/c1-14-9-3-2-7(5-12-6-15)4-8(9)10(11)13-14/h2-4,6H,5H2,1H3,(H,12,15). The van der Waals surface area contributed by atoms with E-state index in [0.717, 1.165) is 16.5 Å². The number of amides is 1. The van der Waals surface area contributed by atoms with Crippen LogP contribution in [0.2, 0.25) is 5.15 Å². The number of nitrogens with one attached hydrogen (secondary N) is 1. The van der Waals surface area contributed by atoms with Gasteiger partial charge in [-0.3, -0.25) is 9.48 Å². The summed E-state index contributed by atoms with van der Waals surface area (Å²) in [5, 5.41) is 8.10. The molecule has 1 aromatic carbocycles. The molecule has 5 heteroatoms. The van der Waals surface area contributed by atoms with E-state index in [1.807, 2.05) is 25.2 Å². The van der Waals surface area contributed by atoms with Crippen LogP contribution in [0, 0.1) is 0 Å². The SMILES string of the molecule is Cn1nc(Cl)c2cc(CNC=O)ccc21. The molecule has 0 bridgehead atoms. The molecule has 0 unspecified atom stereocenters. The van der Waals surface area contributed by atoms with Crippen LogP contribution in [0.25, 0.3) is 10.9 Å². The van der Waals surface area contributed by atoms with E-state index in [1.165, 1.54) is 0 Å². The Morgan fingerprint density at radius 1 is 1.60 bits per heavy atom. The fourth-order valence-corrected chi connectivity index (χ4v) is 1.80. The van der Waals surface area contributed by atoms with E-state index in [1.54, 1.807) is 4.68 Å². The first kappa shape index (κ1) is 9.98. The van der Waals surface area contributed by atoms with Crippen LogP contribution in [0.1, 0.15) is 5.56 Å². The highest BCUT2D eigenvalue weighted by Crippen LogP contribution is 2.23. The number of nitrogens with zero attached hydrogens (tertiary/aromatic N) is 2. The number of benzene rings is 1. The van der Waals surface area contributed by atoms with E-state index in [9.17, 15) is 4.79 Å². The van der Waals surface area contributed by atoms with Gasteiger partial charge in [0.25, 0.3) is 0 Å². The third-order valence-electron chi connectivity index (χ3n) is 2.26. The van der Waals surface area contributed by atoms with Crippen molar-refractivity contribution in [1.29, 1.82) is 0 Å². The van der Waals surface area contributed by atoms with Gasteiger partial charge in [0, 0.05) is 19.0 Å². The Labute approximate surface area is 91.8 Å². The third kappa shape index (κ3) is 1.80. The molecule has 2 rings (SSSR count). The smallest absolute Gasteiger partial charge is 0.207 e. The maximum absolute atomic E-state index is 10.2. The molecule has 0 spiro atoms. The number of hydrogen-bond acceptors (Lipinski definition) is 2. The van der Waals surface area contributed by atoms with Crippen LogP contribution in [-0.2, 0) is 18.4 Å². The van der Waals surface area contributed by atoms with Crippen molar-refractivity contribution in [2.24, 2.45) is 7.05 Å². The Morgan fingerprint density at radius 3 is 3.13 bits per heavy atom. The summed E-state index contributed by atoms with van der Waals surface area (Å²) in [6.07, 6.45) is 0.676. The fourth-order valence-electron chi connectivity index (χ4n) is 1.54. The molecule has 0 atom stereocenters. The molecular weight excluding hydrogens is 214 g/mol. The highest BCUT2D eigenvalue weighted by Gasteiger charge is 2.06. The predicted octanol–water partition coefficient (Wildman–Crippen LogP) is 1.47. The molecule has 0 aliphatic heterocycles. The molecule has 1 N–H and O–H groups in total. The number of carbonyl (C=O) groups excluding carboxylic acids is 1. The maximum atomic E-state index is 10.2. The summed E-state index contributed by atoms with van der Waals surface area (Å²) in [4.78, 5) is 10.2. The number of carbonyl (C=O) groups is 1. The second-order valence-electron chi connectivity index (χ2n) is 3.26. The Bertz CT molecular complexity index is 507. The van der Waals surface area contributed by atoms with Crippen molar-refractivity contribution < 1.29 is 4.79 Å². The second kappa shape index (κ2) is 3.90. The molecule has 0 saturated carbocycles. The van der Waals surface area contributed by atoms with E-state index in [2.05, 4.69) is 10.4 Å². The monoisotopic (exact) mass is 223 g/mol. The van der Waals surface area contributed by atoms with Gasteiger partial charge in [-0.15, -0.1) is 0 Å². The predicted molar refractivity (Wildman–Crippen MR) is 58.6 cm³/mol. The van der Waals surface area contributed by atoms with Crippen molar-refractivity contribution in [2.75, 3.05) is 0 Å². The lowest BCUT2D eigenvalue weighted by atomic mass is 10.1. The van der Waals surface area contributed by atoms with E-state index >= 15 is 0 Å². The first-order chi connectivity index (χ1) is 7.22. The summed E-state index contributed by atoms with van der Waals surface area (Å²) < 4.78 is 1.73. The van der Waals surface area contributed by atoms with Gasteiger partial charge in [0.05, 0.1) is 5.52 Å². The number of hydrogen-bond donors (Lipinski definition) is 1. The summed E-state index contributed by atoms with van der Waals surface area (Å²) in [5.74, 6) is 0. The van der Waals surface area contributed by atoms with E-state index in [-0.39, 0.29) is 0 Å². The third-order valence-corrected chi connectivity index (χ3v) is 2.54. The molecule has 0 aliphatic rings. The molecule has 4 nitrogen and oxygen atoms in total. The van der Waals surface area contributed by atoms with Crippen molar-refractivity contribution in [2.45, 2.75) is 6.54 Å². The average Bonchev–Trinajstić information content (AvgIpc) is 2.52. The van der Waals surface area contributed by atoms with Gasteiger partial charge in [-0.25, -0.2) is 0 Å². The van der Waals surface area contributed by atoms with Crippen LogP contribution in [0.4, 0.5) is 0 Å². The largest absolute Gasteiger partial charge is 0.355 e. The molecular formula is C10H10ClN3O. The van der Waals surface area contributed by atoms with Crippen molar-refractivity contribution in [3.63, 3.8) is 0 Å². The lowest BCUT2D eigenvalue weighted by Crippen LogP contribution is -2.09. The lowest BCUT2D eigenvalue weighted by Gasteiger charge is -2.00. The quantitative estimate of drug-likeness (QED) is 0.802. The summed E-state index contributed by atoms with van der Waals surface area (Å²) in [6.45, 7) is 0.505. The molecule has 1 aromatic heterocycles. The second-order valence-corrected chi connectivity index (χ2v) is 3.62. The molecule has 0 aliphatic carbocycles. The first-order valence-corrected chi connectivity index (χ1v) is 4.88. The number of fused-ring (bicyclic) bond motifs is 1. The Balaban J connectivity index is 2.45. The minimum Gasteiger partial charge on any atom is -0.355 e. The zero-order chi connectivity index (χ0) is 10.8. The highest BCUT2D eigenvalue weighted by molar-refractivity contribution is 6.34. The van der Waals surface area contributed by atoms with Gasteiger partial charge in [0.1, 0.15) is 0 Å². The molecule has 15 heavy (non-hydrogen) atoms. The van der Waals surface area contributed by atoms with E-state index in [4.69, 9.17) is 11.6 Å². The normalized spacial score (nSPS) is 10.5. The number of rotatable bonds is 3. The molecule has 1 heterocycles. The molecule has 0 saturated heterocycles. The van der Waals surface area contributed by atoms with Crippen LogP contribution in [0.15, 0.2) is 18.2 Å². The minimum atomic E-state index is 0.487. The Hall–Kier alpha value is -1.55. The van der Waals surface area contributed by atoms with Crippen LogP contribution in [0.3, 0.4) is 0 Å². The zero-order valence-electron chi connectivity index (χ0n) is 8.20. The fraction of sp³-hybridized carbons (Fsp3) is 0.200. The van der Waals surface area contributed by atoms with E-state index in [0.29, 0.717) is 18.1 Å². The number of aryl methyl sites for hydroxylation is 1. The minimum absolute atomic E-state index is 0.487. The first-order valence-electron chi connectivity index (χ1n) is 4.50. The maximum Gasteiger partial charge on any atom is 0.207 e. The summed E-state index contributed by atoms with van der Waals surface area (Å²) in [5.41, 5.74) is 1.99. The zero-order valence-corrected chi connectivity index (χ0v) is 8.95. The van der Waals surface area contributed by atoms with Crippen molar-refractivity contribution in [3.05, 3.63) is 28.9 Å². The van der Waals surface area contributed by atoms with Crippen molar-refractivity contribution >= 4 is 28.9 Å². The van der Waals surface area contributed by atoms with Crippen LogP contribution >= 0.6 is 11.6 Å². The number of halogens is 1. The molecule has 1 amide bonds. The van der Waals surface area contributed by atoms with Gasteiger partial charge in [-0.1, -0.05) is 17.7 Å². The van der Waals surface area contributed by atoms with Crippen molar-refractivity contribution in [3.8, 4) is 0 Å². The van der Waals surface area contributed by atoms with Crippen LogP contribution < -0.4 is 5.32 Å². The van der Waals surface area contributed by atoms with Crippen LogP contribution in [-0.4, -0.2) is 16.2 Å². The van der Waals surface area contributed by atoms with Gasteiger partial charge >= 0.3 is 0 Å². The molecule has 0 fully saturated rings. The van der Waals surface area contributed by atoms with Gasteiger partial charge in [0.15, 0.2) is 5.15 Å². The summed E-state index contributed by atoms with van der Waals surface area (Å²) in [6, 6.07) is 5.81. The lowest BCUT2D eigenvalue weighted by molar-refractivity contribution is -0.109. The molecule has 0 radical (unpaired) electrons. The van der Waals surface area contributed by atoms with Crippen LogP contribution in [0.5, 0.6) is 0 Å². The summed E-state index contributed by atoms with van der Waals surface area (Å²) >= 11 is 5.96. The average molecular weight is 224 g/mol. The Kier molecular flexibility index (Phi) is 2.60. The topological polar surface area (TPSA) is 46.9 Å². The van der Waals surface area contributed by atoms with Gasteiger partial charge < -0.3 is 5.32 Å². The summed E-state index contributed by atoms with van der Waals surface area (Å²) in [7, 11) is 1.84. The van der Waals surface area contributed by atoms with E-state index < -0.39 is 0 Å². The van der Waals surface area contributed by atoms with Gasteiger partial charge in [-0.05, 0) is 17.7 Å². The van der Waals surface area contributed by atoms with Gasteiger partial charge in [-0.2, -0.15) is 5.10 Å². The highest BCUT2D eigenvalue weighted by atomic mass is 35.5.